The minimum Gasteiger partial charge on any atom is -0.496 e. The number of ether oxygens (including phenoxy) is 1. The Labute approximate surface area is 139 Å². The normalized spacial score (nSPS) is 15.1. The van der Waals surface area contributed by atoms with Crippen molar-refractivity contribution >= 4 is 29.4 Å². The summed E-state index contributed by atoms with van der Waals surface area (Å²) in [5, 5.41) is 0.565. The second kappa shape index (κ2) is 6.97. The van der Waals surface area contributed by atoms with Crippen molar-refractivity contribution in [3.05, 3.63) is 28.8 Å². The molecule has 1 aromatic rings. The summed E-state index contributed by atoms with van der Waals surface area (Å²) in [4.78, 5) is 39.2. The van der Waals surface area contributed by atoms with Gasteiger partial charge in [0.2, 0.25) is 0 Å². The SMILES string of the molecule is CCN1C(=O)C(=O)N(CN(C)Cc2cc(Cl)ccc2OC)C1=O. The summed E-state index contributed by atoms with van der Waals surface area (Å²) in [5.74, 6) is -0.931. The summed E-state index contributed by atoms with van der Waals surface area (Å²) in [6, 6.07) is 4.64. The Kier molecular flexibility index (Phi) is 5.23. The van der Waals surface area contributed by atoms with Crippen LogP contribution in [0, 0.1) is 0 Å². The smallest absolute Gasteiger partial charge is 0.335 e. The van der Waals surface area contributed by atoms with Gasteiger partial charge in [0.25, 0.3) is 0 Å². The number of methoxy groups -OCH3 is 1. The number of rotatable bonds is 6. The molecule has 0 spiro atoms. The summed E-state index contributed by atoms with van der Waals surface area (Å²) in [7, 11) is 3.29. The topological polar surface area (TPSA) is 70.2 Å². The Bertz CT molecular complexity index is 650. The number of hydrogen-bond acceptors (Lipinski definition) is 5. The number of benzene rings is 1. The predicted molar refractivity (Wildman–Crippen MR) is 84.0 cm³/mol. The molecule has 1 saturated heterocycles. The lowest BCUT2D eigenvalue weighted by Crippen LogP contribution is -2.40. The molecule has 0 atom stereocenters. The molecular formula is C15H18ClN3O4. The Hall–Kier alpha value is -2.12. The number of hydrogen-bond donors (Lipinski definition) is 0. The van der Waals surface area contributed by atoms with E-state index in [0.717, 1.165) is 15.4 Å². The zero-order valence-corrected chi connectivity index (χ0v) is 14.0. The van der Waals surface area contributed by atoms with E-state index in [1.807, 2.05) is 0 Å². The third kappa shape index (κ3) is 3.46. The highest BCUT2D eigenvalue weighted by Crippen LogP contribution is 2.24. The van der Waals surface area contributed by atoms with E-state index in [-0.39, 0.29) is 13.2 Å². The number of urea groups is 1. The van der Waals surface area contributed by atoms with Gasteiger partial charge in [0.15, 0.2) is 0 Å². The van der Waals surface area contributed by atoms with Crippen LogP contribution in [-0.2, 0) is 16.1 Å². The van der Waals surface area contributed by atoms with Crippen LogP contribution in [0.3, 0.4) is 0 Å². The molecule has 4 amide bonds. The van der Waals surface area contributed by atoms with Crippen molar-refractivity contribution in [3.8, 4) is 5.75 Å². The van der Waals surface area contributed by atoms with Crippen LogP contribution in [-0.4, -0.2) is 59.9 Å². The molecule has 8 heteroatoms. The summed E-state index contributed by atoms with van der Waals surface area (Å²) >= 11 is 5.99. The standard InChI is InChI=1S/C15H18ClN3O4/c1-4-18-13(20)14(21)19(15(18)22)9-17(2)8-10-7-11(16)5-6-12(10)23-3/h5-7H,4,8-9H2,1-3H3. The second-order valence-corrected chi connectivity index (χ2v) is 5.61. The molecule has 0 unspecified atom stereocenters. The molecule has 1 fully saturated rings. The van der Waals surface area contributed by atoms with E-state index in [9.17, 15) is 14.4 Å². The number of carbonyl (C=O) groups is 3. The molecule has 7 nitrogen and oxygen atoms in total. The molecule has 1 aliphatic heterocycles. The molecule has 0 N–H and O–H groups in total. The van der Waals surface area contributed by atoms with E-state index in [4.69, 9.17) is 16.3 Å². The molecule has 0 radical (unpaired) electrons. The first-order valence-corrected chi connectivity index (χ1v) is 7.45. The third-order valence-corrected chi connectivity index (χ3v) is 3.75. The van der Waals surface area contributed by atoms with E-state index in [1.54, 1.807) is 44.2 Å². The number of halogens is 1. The highest BCUT2D eigenvalue weighted by molar-refractivity contribution is 6.44. The van der Waals surface area contributed by atoms with E-state index >= 15 is 0 Å². The lowest BCUT2D eigenvalue weighted by Gasteiger charge is -2.23. The zero-order chi connectivity index (χ0) is 17.1. The van der Waals surface area contributed by atoms with Gasteiger partial charge in [-0.25, -0.2) is 9.69 Å². The van der Waals surface area contributed by atoms with Gasteiger partial charge in [-0.15, -0.1) is 0 Å². The van der Waals surface area contributed by atoms with Crippen molar-refractivity contribution in [3.63, 3.8) is 0 Å². The lowest BCUT2D eigenvalue weighted by molar-refractivity contribution is -0.143. The third-order valence-electron chi connectivity index (χ3n) is 3.52. The first-order valence-electron chi connectivity index (χ1n) is 7.07. The second-order valence-electron chi connectivity index (χ2n) is 5.18. The van der Waals surface area contributed by atoms with Gasteiger partial charge in [-0.1, -0.05) is 11.6 Å². The first-order chi connectivity index (χ1) is 10.9. The number of imide groups is 2. The first kappa shape index (κ1) is 17.2. The summed E-state index contributed by atoms with van der Waals surface area (Å²) in [6.45, 7) is 2.23. The maximum Gasteiger partial charge on any atom is 0.335 e. The van der Waals surface area contributed by atoms with Crippen LogP contribution >= 0.6 is 11.6 Å². The van der Waals surface area contributed by atoms with Crippen molar-refractivity contribution < 1.29 is 19.1 Å². The Morgan fingerprint density at radius 2 is 1.83 bits per heavy atom. The van der Waals surface area contributed by atoms with Crippen LogP contribution in [0.4, 0.5) is 4.79 Å². The van der Waals surface area contributed by atoms with Gasteiger partial charge in [0.1, 0.15) is 5.75 Å². The highest BCUT2D eigenvalue weighted by Gasteiger charge is 2.43. The van der Waals surface area contributed by atoms with Gasteiger partial charge >= 0.3 is 17.8 Å². The molecule has 0 aromatic heterocycles. The minimum absolute atomic E-state index is 0.00950. The van der Waals surface area contributed by atoms with Gasteiger partial charge < -0.3 is 4.74 Å². The van der Waals surface area contributed by atoms with E-state index in [0.29, 0.717) is 17.3 Å². The van der Waals surface area contributed by atoms with E-state index < -0.39 is 17.8 Å². The molecule has 124 valence electrons. The average Bonchev–Trinajstić information content (AvgIpc) is 2.71. The zero-order valence-electron chi connectivity index (χ0n) is 13.2. The fourth-order valence-electron chi connectivity index (χ4n) is 2.41. The number of likely N-dealkylation sites (N-methyl/N-ethyl adjacent to an activating group) is 1. The van der Waals surface area contributed by atoms with Gasteiger partial charge in [0, 0.05) is 23.7 Å². The molecule has 1 aromatic carbocycles. The monoisotopic (exact) mass is 339 g/mol. The van der Waals surface area contributed by atoms with Crippen LogP contribution in [0.25, 0.3) is 0 Å². The van der Waals surface area contributed by atoms with Gasteiger partial charge in [0.05, 0.1) is 13.8 Å². The minimum atomic E-state index is -0.804. The number of carbonyl (C=O) groups excluding carboxylic acids is 3. The van der Waals surface area contributed by atoms with Crippen molar-refractivity contribution in [1.29, 1.82) is 0 Å². The molecule has 23 heavy (non-hydrogen) atoms. The van der Waals surface area contributed by atoms with Crippen LogP contribution in [0.2, 0.25) is 5.02 Å². The molecule has 0 aliphatic carbocycles. The van der Waals surface area contributed by atoms with Gasteiger partial charge in [-0.05, 0) is 32.2 Å². The van der Waals surface area contributed by atoms with Crippen molar-refractivity contribution in [1.82, 2.24) is 14.7 Å². The Morgan fingerprint density at radius 1 is 1.17 bits per heavy atom. The quantitative estimate of drug-likeness (QED) is 0.581. The van der Waals surface area contributed by atoms with Gasteiger partial charge in [-0.2, -0.15) is 0 Å². The van der Waals surface area contributed by atoms with Crippen molar-refractivity contribution in [2.24, 2.45) is 0 Å². The maximum absolute atomic E-state index is 12.1. The predicted octanol–water partition coefficient (Wildman–Crippen LogP) is 1.55. The molecule has 1 heterocycles. The van der Waals surface area contributed by atoms with Gasteiger partial charge in [-0.3, -0.25) is 19.4 Å². The molecular weight excluding hydrogens is 322 g/mol. The molecule has 1 aliphatic rings. The molecule has 2 rings (SSSR count). The molecule has 0 bridgehead atoms. The lowest BCUT2D eigenvalue weighted by atomic mass is 10.2. The van der Waals surface area contributed by atoms with E-state index in [1.165, 1.54) is 0 Å². The Balaban J connectivity index is 2.10. The van der Waals surface area contributed by atoms with E-state index in [2.05, 4.69) is 0 Å². The van der Waals surface area contributed by atoms with Crippen LogP contribution in [0.15, 0.2) is 18.2 Å². The van der Waals surface area contributed by atoms with Crippen LogP contribution < -0.4 is 4.74 Å². The molecule has 0 saturated carbocycles. The fraction of sp³-hybridized carbons (Fsp3) is 0.400. The highest BCUT2D eigenvalue weighted by atomic mass is 35.5. The Morgan fingerprint density at radius 3 is 2.39 bits per heavy atom. The fourth-order valence-corrected chi connectivity index (χ4v) is 2.60. The van der Waals surface area contributed by atoms with Crippen LogP contribution in [0.5, 0.6) is 5.75 Å². The van der Waals surface area contributed by atoms with Crippen molar-refractivity contribution in [2.45, 2.75) is 13.5 Å². The maximum atomic E-state index is 12.1. The summed E-state index contributed by atoms with van der Waals surface area (Å²) < 4.78 is 5.27. The van der Waals surface area contributed by atoms with Crippen LogP contribution in [0.1, 0.15) is 12.5 Å². The number of amides is 4. The summed E-state index contributed by atoms with van der Waals surface area (Å²) in [6.07, 6.45) is 0. The number of nitrogens with zero attached hydrogens (tertiary/aromatic N) is 3. The average molecular weight is 340 g/mol. The van der Waals surface area contributed by atoms with Crippen molar-refractivity contribution in [2.75, 3.05) is 27.4 Å². The largest absolute Gasteiger partial charge is 0.496 e. The summed E-state index contributed by atoms with van der Waals surface area (Å²) in [5.41, 5.74) is 0.820.